The van der Waals surface area contributed by atoms with Gasteiger partial charge in [-0.1, -0.05) is 18.2 Å². The molecule has 1 aliphatic rings. The van der Waals surface area contributed by atoms with Gasteiger partial charge in [0.25, 0.3) is 0 Å². The van der Waals surface area contributed by atoms with E-state index in [2.05, 4.69) is 5.92 Å². The second-order valence-electron chi connectivity index (χ2n) is 4.80. The number of rotatable bonds is 5. The Balaban J connectivity index is 2.11. The number of hydrogen-bond donors (Lipinski definition) is 1. The quantitative estimate of drug-likeness (QED) is 0.819. The molecule has 0 heterocycles. The van der Waals surface area contributed by atoms with E-state index in [9.17, 15) is 9.18 Å². The molecule has 1 atom stereocenters. The van der Waals surface area contributed by atoms with E-state index < -0.39 is 6.04 Å². The van der Waals surface area contributed by atoms with Crippen molar-refractivity contribution in [3.05, 3.63) is 35.6 Å². The largest absolute Gasteiger partial charge is 0.334 e. The average Bonchev–Trinajstić information content (AvgIpc) is 3.21. The molecule has 1 fully saturated rings. The number of halogens is 1. The van der Waals surface area contributed by atoms with Crippen LogP contribution < -0.4 is 5.73 Å². The van der Waals surface area contributed by atoms with Gasteiger partial charge in [-0.2, -0.15) is 0 Å². The Hall–Kier alpha value is -1.86. The second-order valence-corrected chi connectivity index (χ2v) is 4.80. The monoisotopic (exact) mass is 260 g/mol. The molecule has 0 spiro atoms. The number of benzene rings is 1. The average molecular weight is 260 g/mol. The standard InChI is InChI=1S/C15H17FN2O/c1-2-5-14(17)15(19)18(12-8-9-12)10-11-6-3-4-7-13(11)16/h1,3-4,6-7,12,14H,5,8-10,17H2. The number of carbonyl (C=O) groups is 1. The maximum Gasteiger partial charge on any atom is 0.241 e. The Labute approximate surface area is 112 Å². The molecule has 100 valence electrons. The van der Waals surface area contributed by atoms with Gasteiger partial charge in [-0.15, -0.1) is 12.3 Å². The van der Waals surface area contributed by atoms with Crippen LogP contribution in [0, 0.1) is 18.2 Å². The van der Waals surface area contributed by atoms with Gasteiger partial charge in [0.1, 0.15) is 5.82 Å². The van der Waals surface area contributed by atoms with Crippen LogP contribution in [0.1, 0.15) is 24.8 Å². The molecule has 19 heavy (non-hydrogen) atoms. The summed E-state index contributed by atoms with van der Waals surface area (Å²) in [4.78, 5) is 13.9. The predicted octanol–water partition coefficient (Wildman–Crippen LogP) is 1.67. The molecule has 3 nitrogen and oxygen atoms in total. The van der Waals surface area contributed by atoms with Gasteiger partial charge in [-0.25, -0.2) is 4.39 Å². The molecular weight excluding hydrogens is 243 g/mol. The highest BCUT2D eigenvalue weighted by Gasteiger charge is 2.34. The molecule has 1 aromatic carbocycles. The van der Waals surface area contributed by atoms with E-state index in [0.29, 0.717) is 5.56 Å². The van der Waals surface area contributed by atoms with E-state index in [1.54, 1.807) is 23.1 Å². The topological polar surface area (TPSA) is 46.3 Å². The highest BCUT2D eigenvalue weighted by molar-refractivity contribution is 5.82. The Morgan fingerprint density at radius 3 is 2.79 bits per heavy atom. The van der Waals surface area contributed by atoms with Gasteiger partial charge in [0.15, 0.2) is 0 Å². The van der Waals surface area contributed by atoms with Crippen LogP contribution in [0.2, 0.25) is 0 Å². The van der Waals surface area contributed by atoms with Crippen molar-refractivity contribution in [3.8, 4) is 12.3 Å². The number of hydrogen-bond acceptors (Lipinski definition) is 2. The summed E-state index contributed by atoms with van der Waals surface area (Å²) in [5.74, 6) is 1.90. The summed E-state index contributed by atoms with van der Waals surface area (Å²) in [6.45, 7) is 0.258. The molecule has 1 amide bonds. The third-order valence-electron chi connectivity index (χ3n) is 3.22. The Bertz CT molecular complexity index is 505. The van der Waals surface area contributed by atoms with Gasteiger partial charge in [0, 0.05) is 24.6 Å². The van der Waals surface area contributed by atoms with Crippen molar-refractivity contribution in [2.45, 2.75) is 37.9 Å². The van der Waals surface area contributed by atoms with Crippen molar-refractivity contribution < 1.29 is 9.18 Å². The van der Waals surface area contributed by atoms with Crippen molar-refractivity contribution in [2.24, 2.45) is 5.73 Å². The van der Waals surface area contributed by atoms with E-state index >= 15 is 0 Å². The molecule has 4 heteroatoms. The van der Waals surface area contributed by atoms with E-state index in [1.807, 2.05) is 0 Å². The van der Waals surface area contributed by atoms with E-state index in [1.165, 1.54) is 6.07 Å². The SMILES string of the molecule is C#CCC(N)C(=O)N(Cc1ccccc1F)C1CC1. The number of carbonyl (C=O) groups excluding carboxylic acids is 1. The van der Waals surface area contributed by atoms with Crippen LogP contribution in [-0.4, -0.2) is 22.9 Å². The summed E-state index contributed by atoms with van der Waals surface area (Å²) in [6, 6.07) is 5.95. The normalized spacial score (nSPS) is 15.6. The molecule has 1 aromatic rings. The maximum atomic E-state index is 13.6. The molecule has 2 rings (SSSR count). The Morgan fingerprint density at radius 2 is 2.21 bits per heavy atom. The van der Waals surface area contributed by atoms with Gasteiger partial charge in [0.2, 0.25) is 5.91 Å². The minimum absolute atomic E-state index is 0.177. The summed E-state index contributed by atoms with van der Waals surface area (Å²) in [7, 11) is 0. The molecule has 0 saturated heterocycles. The number of terminal acetylenes is 1. The Morgan fingerprint density at radius 1 is 1.53 bits per heavy atom. The molecule has 0 aliphatic heterocycles. The summed E-state index contributed by atoms with van der Waals surface area (Å²) < 4.78 is 13.6. The van der Waals surface area contributed by atoms with Gasteiger partial charge in [0.05, 0.1) is 6.04 Å². The van der Waals surface area contributed by atoms with E-state index in [4.69, 9.17) is 12.2 Å². The van der Waals surface area contributed by atoms with Crippen molar-refractivity contribution in [1.82, 2.24) is 4.90 Å². The second kappa shape index (κ2) is 5.85. The van der Waals surface area contributed by atoms with Gasteiger partial charge in [-0.3, -0.25) is 4.79 Å². The maximum absolute atomic E-state index is 13.6. The van der Waals surface area contributed by atoms with Crippen molar-refractivity contribution in [3.63, 3.8) is 0 Å². The molecule has 2 N–H and O–H groups in total. The van der Waals surface area contributed by atoms with E-state index in [-0.39, 0.29) is 30.7 Å². The molecule has 0 radical (unpaired) electrons. The van der Waals surface area contributed by atoms with Crippen LogP contribution in [0.25, 0.3) is 0 Å². The highest BCUT2D eigenvalue weighted by Crippen LogP contribution is 2.29. The minimum Gasteiger partial charge on any atom is -0.334 e. The molecule has 1 unspecified atom stereocenters. The zero-order valence-electron chi connectivity index (χ0n) is 10.7. The fourth-order valence-electron chi connectivity index (χ4n) is 2.01. The van der Waals surface area contributed by atoms with Crippen LogP contribution in [0.4, 0.5) is 4.39 Å². The number of nitrogens with two attached hydrogens (primary N) is 1. The van der Waals surface area contributed by atoms with Gasteiger partial charge in [-0.05, 0) is 18.9 Å². The van der Waals surface area contributed by atoms with Crippen LogP contribution in [0.5, 0.6) is 0 Å². The lowest BCUT2D eigenvalue weighted by Gasteiger charge is -2.25. The zero-order valence-corrected chi connectivity index (χ0v) is 10.7. The van der Waals surface area contributed by atoms with E-state index in [0.717, 1.165) is 12.8 Å². The van der Waals surface area contributed by atoms with Crippen LogP contribution in [-0.2, 0) is 11.3 Å². The molecular formula is C15H17FN2O. The first-order chi connectivity index (χ1) is 9.13. The lowest BCUT2D eigenvalue weighted by molar-refractivity contribution is -0.133. The van der Waals surface area contributed by atoms with Crippen molar-refractivity contribution in [1.29, 1.82) is 0 Å². The lowest BCUT2D eigenvalue weighted by Crippen LogP contribution is -2.44. The summed E-state index contributed by atoms with van der Waals surface area (Å²) in [5, 5.41) is 0. The first-order valence-electron chi connectivity index (χ1n) is 6.36. The van der Waals surface area contributed by atoms with Crippen molar-refractivity contribution >= 4 is 5.91 Å². The predicted molar refractivity (Wildman–Crippen MR) is 71.4 cm³/mol. The number of amides is 1. The summed E-state index contributed by atoms with van der Waals surface area (Å²) >= 11 is 0. The minimum atomic E-state index is -0.697. The third kappa shape index (κ3) is 3.33. The third-order valence-corrected chi connectivity index (χ3v) is 3.22. The van der Waals surface area contributed by atoms with Gasteiger partial charge < -0.3 is 10.6 Å². The highest BCUT2D eigenvalue weighted by atomic mass is 19.1. The number of nitrogens with zero attached hydrogens (tertiary/aromatic N) is 1. The first-order valence-corrected chi connectivity index (χ1v) is 6.36. The molecule has 1 saturated carbocycles. The molecule has 0 bridgehead atoms. The smallest absolute Gasteiger partial charge is 0.241 e. The fraction of sp³-hybridized carbons (Fsp3) is 0.400. The van der Waals surface area contributed by atoms with Gasteiger partial charge >= 0.3 is 0 Å². The van der Waals surface area contributed by atoms with Crippen molar-refractivity contribution in [2.75, 3.05) is 0 Å². The summed E-state index contributed by atoms with van der Waals surface area (Å²) in [6.07, 6.45) is 7.28. The van der Waals surface area contributed by atoms with Crippen LogP contribution in [0.15, 0.2) is 24.3 Å². The Kier molecular flexibility index (Phi) is 4.18. The van der Waals surface area contributed by atoms with Crippen LogP contribution in [0.3, 0.4) is 0 Å². The zero-order chi connectivity index (χ0) is 13.8. The fourth-order valence-corrected chi connectivity index (χ4v) is 2.01. The van der Waals surface area contributed by atoms with Crippen LogP contribution >= 0.6 is 0 Å². The lowest BCUT2D eigenvalue weighted by atomic mass is 10.1. The molecule has 1 aliphatic carbocycles. The first kappa shape index (κ1) is 13.6. The molecule has 0 aromatic heterocycles. The summed E-state index contributed by atoms with van der Waals surface area (Å²) in [5.41, 5.74) is 6.27.